The Morgan fingerprint density at radius 1 is 1.30 bits per heavy atom. The highest BCUT2D eigenvalue weighted by molar-refractivity contribution is 7.91. The van der Waals surface area contributed by atoms with Crippen molar-refractivity contribution in [3.05, 3.63) is 59.0 Å². The second kappa shape index (κ2) is 4.59. The number of rotatable bonds is 3. The Kier molecular flexibility index (Phi) is 3.01. The number of ketones is 1. The zero-order chi connectivity index (χ0) is 14.3. The summed E-state index contributed by atoms with van der Waals surface area (Å²) in [5.74, 6) is -0.0974. The van der Waals surface area contributed by atoms with Gasteiger partial charge in [-0.05, 0) is 12.0 Å². The van der Waals surface area contributed by atoms with Crippen molar-refractivity contribution in [2.75, 3.05) is 0 Å². The summed E-state index contributed by atoms with van der Waals surface area (Å²) in [4.78, 5) is 11.6. The molecule has 104 valence electrons. The smallest absolute Gasteiger partial charge is 0.195 e. The molecule has 0 fully saturated rings. The van der Waals surface area contributed by atoms with Gasteiger partial charge in [-0.15, -0.1) is 0 Å². The summed E-state index contributed by atoms with van der Waals surface area (Å²) < 4.78 is 29.9. The Hall–Kier alpha value is -1.88. The molecule has 0 aliphatic carbocycles. The van der Waals surface area contributed by atoms with E-state index < -0.39 is 15.1 Å². The average molecular weight is 290 g/mol. The zero-order valence-electron chi connectivity index (χ0n) is 11.0. The molecule has 0 bridgehead atoms. The second-order valence-corrected chi connectivity index (χ2v) is 7.23. The summed E-state index contributed by atoms with van der Waals surface area (Å²) in [5.41, 5.74) is 2.11. The molecule has 3 rings (SSSR count). The molecule has 0 saturated heterocycles. The van der Waals surface area contributed by atoms with E-state index in [9.17, 15) is 13.2 Å². The van der Waals surface area contributed by atoms with Crippen LogP contribution in [0.4, 0.5) is 0 Å². The molecule has 1 aliphatic rings. The third kappa shape index (κ3) is 2.08. The zero-order valence-corrected chi connectivity index (χ0v) is 11.8. The number of hydrogen-bond acceptors (Lipinski definition) is 4. The van der Waals surface area contributed by atoms with E-state index in [1.54, 1.807) is 0 Å². The van der Waals surface area contributed by atoms with Crippen LogP contribution in [0.15, 0.2) is 41.0 Å². The van der Waals surface area contributed by atoms with E-state index in [1.807, 2.05) is 30.3 Å². The SMILES string of the molecule is CC(=O)c1occ2c1C(Cc1ccccc1)S(=O)(=O)C2. The lowest BCUT2D eigenvalue weighted by Crippen LogP contribution is -2.12. The minimum atomic E-state index is -3.27. The lowest BCUT2D eigenvalue weighted by molar-refractivity contribution is 0.0986. The quantitative estimate of drug-likeness (QED) is 0.815. The van der Waals surface area contributed by atoms with Gasteiger partial charge in [-0.25, -0.2) is 8.42 Å². The molecule has 1 atom stereocenters. The predicted octanol–water partition coefficient (Wildman–Crippen LogP) is 2.69. The van der Waals surface area contributed by atoms with Crippen LogP contribution in [0.2, 0.25) is 0 Å². The van der Waals surface area contributed by atoms with Gasteiger partial charge < -0.3 is 4.42 Å². The first kappa shape index (κ1) is 13.1. The van der Waals surface area contributed by atoms with Crippen molar-refractivity contribution in [1.29, 1.82) is 0 Å². The first-order valence-electron chi connectivity index (χ1n) is 6.36. The largest absolute Gasteiger partial charge is 0.461 e. The van der Waals surface area contributed by atoms with Gasteiger partial charge in [-0.1, -0.05) is 30.3 Å². The Balaban J connectivity index is 2.06. The van der Waals surface area contributed by atoms with Gasteiger partial charge in [-0.2, -0.15) is 0 Å². The first-order chi connectivity index (χ1) is 9.49. The molecule has 0 saturated carbocycles. The summed E-state index contributed by atoms with van der Waals surface area (Å²) in [6.45, 7) is 1.39. The van der Waals surface area contributed by atoms with Crippen molar-refractivity contribution < 1.29 is 17.6 Å². The number of benzene rings is 1. The van der Waals surface area contributed by atoms with E-state index in [2.05, 4.69) is 0 Å². The molecular formula is C15H14O4S. The number of furan rings is 1. The van der Waals surface area contributed by atoms with E-state index in [1.165, 1.54) is 13.2 Å². The molecule has 0 radical (unpaired) electrons. The van der Waals surface area contributed by atoms with Gasteiger partial charge in [0.1, 0.15) is 0 Å². The van der Waals surface area contributed by atoms with Crippen LogP contribution in [0.3, 0.4) is 0 Å². The molecule has 1 aromatic heterocycles. The molecule has 5 heteroatoms. The van der Waals surface area contributed by atoms with Gasteiger partial charge in [0.15, 0.2) is 21.4 Å². The number of carbonyl (C=O) groups excluding carboxylic acids is 1. The maximum absolute atomic E-state index is 12.3. The van der Waals surface area contributed by atoms with Crippen LogP contribution < -0.4 is 0 Å². The molecule has 1 unspecified atom stereocenters. The van der Waals surface area contributed by atoms with Crippen LogP contribution in [0.5, 0.6) is 0 Å². The Morgan fingerprint density at radius 3 is 2.65 bits per heavy atom. The number of carbonyl (C=O) groups is 1. The summed E-state index contributed by atoms with van der Waals surface area (Å²) in [7, 11) is -3.27. The van der Waals surface area contributed by atoms with Gasteiger partial charge in [0, 0.05) is 18.1 Å². The molecule has 20 heavy (non-hydrogen) atoms. The van der Waals surface area contributed by atoms with E-state index in [4.69, 9.17) is 4.42 Å². The van der Waals surface area contributed by atoms with Crippen molar-refractivity contribution in [1.82, 2.24) is 0 Å². The lowest BCUT2D eigenvalue weighted by atomic mass is 10.0. The molecule has 2 aromatic rings. The van der Waals surface area contributed by atoms with Crippen LogP contribution in [-0.4, -0.2) is 14.2 Å². The minimum absolute atomic E-state index is 0.0450. The lowest BCUT2D eigenvalue weighted by Gasteiger charge is -2.11. The number of Topliss-reactive ketones (excluding diaryl/α,β-unsaturated/α-hetero) is 1. The van der Waals surface area contributed by atoms with Crippen molar-refractivity contribution in [2.24, 2.45) is 0 Å². The van der Waals surface area contributed by atoms with Gasteiger partial charge in [-0.3, -0.25) is 4.79 Å². The van der Waals surface area contributed by atoms with E-state index >= 15 is 0 Å². The maximum atomic E-state index is 12.3. The minimum Gasteiger partial charge on any atom is -0.461 e. The van der Waals surface area contributed by atoms with Crippen molar-refractivity contribution in [2.45, 2.75) is 24.3 Å². The predicted molar refractivity (Wildman–Crippen MR) is 74.2 cm³/mol. The fourth-order valence-electron chi connectivity index (χ4n) is 2.69. The fourth-order valence-corrected chi connectivity index (χ4v) is 4.62. The summed E-state index contributed by atoms with van der Waals surface area (Å²) in [6.07, 6.45) is 1.77. The van der Waals surface area contributed by atoms with Crippen LogP contribution in [0.25, 0.3) is 0 Å². The van der Waals surface area contributed by atoms with Gasteiger partial charge in [0.2, 0.25) is 0 Å². The highest BCUT2D eigenvalue weighted by Gasteiger charge is 2.41. The number of hydrogen-bond donors (Lipinski definition) is 0. The van der Waals surface area contributed by atoms with Crippen molar-refractivity contribution in [3.63, 3.8) is 0 Å². The fraction of sp³-hybridized carbons (Fsp3) is 0.267. The van der Waals surface area contributed by atoms with E-state index in [-0.39, 0.29) is 17.3 Å². The van der Waals surface area contributed by atoms with Crippen LogP contribution in [0.1, 0.15) is 39.4 Å². The standard InChI is InChI=1S/C15H14O4S/c1-10(16)15-14-12(8-19-15)9-20(17,18)13(14)7-11-5-3-2-4-6-11/h2-6,8,13H,7,9H2,1H3. The molecule has 4 nitrogen and oxygen atoms in total. The third-order valence-corrected chi connectivity index (χ3v) is 5.59. The molecule has 0 N–H and O–H groups in total. The maximum Gasteiger partial charge on any atom is 0.195 e. The monoisotopic (exact) mass is 290 g/mol. The molecule has 0 amide bonds. The Morgan fingerprint density at radius 2 is 2.00 bits per heavy atom. The topological polar surface area (TPSA) is 64.3 Å². The molecule has 1 aromatic carbocycles. The molecule has 1 aliphatic heterocycles. The molecule has 2 heterocycles. The normalized spacial score (nSPS) is 19.8. The Bertz CT molecular complexity index is 756. The second-order valence-electron chi connectivity index (χ2n) is 5.05. The highest BCUT2D eigenvalue weighted by Crippen LogP contribution is 2.41. The molecule has 0 spiro atoms. The molecular weight excluding hydrogens is 276 g/mol. The van der Waals surface area contributed by atoms with Gasteiger partial charge in [0.05, 0.1) is 17.3 Å². The Labute approximate surface area is 117 Å². The summed E-state index contributed by atoms with van der Waals surface area (Å²) >= 11 is 0. The van der Waals surface area contributed by atoms with E-state index in [0.717, 1.165) is 5.56 Å². The highest BCUT2D eigenvalue weighted by atomic mass is 32.2. The average Bonchev–Trinajstić information content (AvgIpc) is 2.89. The van der Waals surface area contributed by atoms with Crippen molar-refractivity contribution >= 4 is 15.6 Å². The summed E-state index contributed by atoms with van der Waals surface area (Å²) in [6, 6.07) is 9.41. The van der Waals surface area contributed by atoms with E-state index in [0.29, 0.717) is 17.5 Å². The summed E-state index contributed by atoms with van der Waals surface area (Å²) in [5, 5.41) is -0.683. The first-order valence-corrected chi connectivity index (χ1v) is 8.07. The number of fused-ring (bicyclic) bond motifs is 1. The van der Waals surface area contributed by atoms with Crippen LogP contribution in [-0.2, 0) is 22.0 Å². The van der Waals surface area contributed by atoms with Crippen LogP contribution >= 0.6 is 0 Å². The van der Waals surface area contributed by atoms with Gasteiger partial charge in [0.25, 0.3) is 0 Å². The third-order valence-electron chi connectivity index (χ3n) is 3.61. The number of sulfone groups is 1. The van der Waals surface area contributed by atoms with Gasteiger partial charge >= 0.3 is 0 Å². The van der Waals surface area contributed by atoms with Crippen molar-refractivity contribution in [3.8, 4) is 0 Å². The van der Waals surface area contributed by atoms with Crippen LogP contribution in [0, 0.1) is 0 Å².